The van der Waals surface area contributed by atoms with Gasteiger partial charge in [0.05, 0.1) is 7.11 Å². The number of hydrogen-bond donors (Lipinski definition) is 3. The first kappa shape index (κ1) is 15.1. The van der Waals surface area contributed by atoms with Gasteiger partial charge in [-0.2, -0.15) is 0 Å². The molecule has 1 aromatic rings. The van der Waals surface area contributed by atoms with E-state index in [1.165, 1.54) is 13.2 Å². The van der Waals surface area contributed by atoms with Gasteiger partial charge in [-0.05, 0) is 24.6 Å². The molecule has 1 atom stereocenters. The maximum absolute atomic E-state index is 12.2. The molecule has 0 spiro atoms. The van der Waals surface area contributed by atoms with Gasteiger partial charge < -0.3 is 15.2 Å². The average molecular weight is 313 g/mol. The van der Waals surface area contributed by atoms with Crippen molar-refractivity contribution in [2.75, 3.05) is 7.11 Å². The van der Waals surface area contributed by atoms with Crippen molar-refractivity contribution < 1.29 is 24.2 Å². The molecular formula is C13H13ClN2O5. The van der Waals surface area contributed by atoms with Crippen LogP contribution < -0.4 is 15.4 Å². The van der Waals surface area contributed by atoms with E-state index in [9.17, 15) is 14.4 Å². The summed E-state index contributed by atoms with van der Waals surface area (Å²) in [6, 6.07) is 3.92. The van der Waals surface area contributed by atoms with Gasteiger partial charge in [-0.25, -0.2) is 4.79 Å². The van der Waals surface area contributed by atoms with Gasteiger partial charge in [0.2, 0.25) is 0 Å². The Kier molecular flexibility index (Phi) is 4.04. The predicted molar refractivity (Wildman–Crippen MR) is 73.2 cm³/mol. The van der Waals surface area contributed by atoms with Crippen LogP contribution in [0, 0.1) is 0 Å². The van der Waals surface area contributed by atoms with Crippen molar-refractivity contribution in [3.63, 3.8) is 0 Å². The number of rotatable bonds is 5. The van der Waals surface area contributed by atoms with E-state index in [1.54, 1.807) is 12.1 Å². The molecule has 1 aliphatic rings. The molecule has 0 radical (unpaired) electrons. The van der Waals surface area contributed by atoms with Crippen molar-refractivity contribution in [1.82, 2.24) is 10.6 Å². The number of halogens is 1. The molecule has 0 bridgehead atoms. The maximum atomic E-state index is 12.2. The number of carbonyl (C=O) groups excluding carboxylic acids is 2. The highest BCUT2D eigenvalue weighted by Crippen LogP contribution is 2.37. The normalized spacial score (nSPS) is 20.9. The van der Waals surface area contributed by atoms with Gasteiger partial charge in [0.15, 0.2) is 5.54 Å². The van der Waals surface area contributed by atoms with Crippen molar-refractivity contribution in [1.29, 1.82) is 0 Å². The summed E-state index contributed by atoms with van der Waals surface area (Å²) in [4.78, 5) is 34.6. The highest BCUT2D eigenvalue weighted by atomic mass is 35.5. The third-order valence-electron chi connectivity index (χ3n) is 3.28. The Balaban J connectivity index is 2.54. The Morgan fingerprint density at radius 3 is 2.67 bits per heavy atom. The molecular weight excluding hydrogens is 300 g/mol. The van der Waals surface area contributed by atoms with Gasteiger partial charge in [0.25, 0.3) is 5.91 Å². The summed E-state index contributed by atoms with van der Waals surface area (Å²) in [6.07, 6.45) is -0.417. The number of urea groups is 1. The van der Waals surface area contributed by atoms with Gasteiger partial charge in [-0.15, -0.1) is 0 Å². The van der Waals surface area contributed by atoms with Crippen molar-refractivity contribution in [3.8, 4) is 5.75 Å². The Morgan fingerprint density at radius 2 is 2.14 bits per heavy atom. The number of imide groups is 1. The Hall–Kier alpha value is -2.28. The van der Waals surface area contributed by atoms with Crippen molar-refractivity contribution in [3.05, 3.63) is 28.8 Å². The van der Waals surface area contributed by atoms with Crippen LogP contribution in [-0.2, 0) is 15.1 Å². The first-order chi connectivity index (χ1) is 9.89. The van der Waals surface area contributed by atoms with Gasteiger partial charge in [0.1, 0.15) is 5.75 Å². The Bertz CT molecular complexity index is 619. The molecule has 0 unspecified atom stereocenters. The number of hydrogen-bond acceptors (Lipinski definition) is 4. The second-order valence-corrected chi connectivity index (χ2v) is 4.99. The average Bonchev–Trinajstić information content (AvgIpc) is 2.71. The van der Waals surface area contributed by atoms with Crippen LogP contribution in [-0.4, -0.2) is 30.1 Å². The van der Waals surface area contributed by atoms with Gasteiger partial charge in [0, 0.05) is 17.0 Å². The smallest absolute Gasteiger partial charge is 0.322 e. The minimum Gasteiger partial charge on any atom is -0.496 e. The molecule has 8 heteroatoms. The quantitative estimate of drug-likeness (QED) is 0.710. The van der Waals surface area contributed by atoms with Crippen LogP contribution in [0.2, 0.25) is 5.02 Å². The monoisotopic (exact) mass is 312 g/mol. The lowest BCUT2D eigenvalue weighted by Crippen LogP contribution is -2.44. The van der Waals surface area contributed by atoms with E-state index in [4.69, 9.17) is 21.4 Å². The number of nitrogens with one attached hydrogen (secondary N) is 2. The SMILES string of the molecule is COc1ccc(Cl)cc1[C@]1(CCC(=O)O)NC(=O)NC1=O. The minimum atomic E-state index is -1.51. The molecule has 0 aromatic heterocycles. The molecule has 1 aromatic carbocycles. The van der Waals surface area contributed by atoms with E-state index < -0.39 is 23.4 Å². The summed E-state index contributed by atoms with van der Waals surface area (Å²) < 4.78 is 5.19. The molecule has 2 rings (SSSR count). The molecule has 1 saturated heterocycles. The lowest BCUT2D eigenvalue weighted by molar-refractivity contribution is -0.137. The zero-order valence-corrected chi connectivity index (χ0v) is 11.9. The standard InChI is InChI=1S/C13H13ClN2O5/c1-21-9-3-2-7(14)6-8(9)13(5-4-10(17)18)11(19)15-12(20)16-13/h2-3,6H,4-5H2,1H3,(H,17,18)(H2,15,16,19,20)/t13-/m0/s1. The second kappa shape index (κ2) is 5.61. The highest BCUT2D eigenvalue weighted by Gasteiger charge is 2.49. The number of benzene rings is 1. The molecule has 1 fully saturated rings. The van der Waals surface area contributed by atoms with Crippen molar-refractivity contribution >= 4 is 29.5 Å². The fourth-order valence-electron chi connectivity index (χ4n) is 2.30. The van der Waals surface area contributed by atoms with Crippen LogP contribution in [0.25, 0.3) is 0 Å². The van der Waals surface area contributed by atoms with E-state index >= 15 is 0 Å². The van der Waals surface area contributed by atoms with Gasteiger partial charge in [-0.1, -0.05) is 11.6 Å². The largest absolute Gasteiger partial charge is 0.496 e. The second-order valence-electron chi connectivity index (χ2n) is 4.55. The number of aliphatic carboxylic acids is 1. The first-order valence-electron chi connectivity index (χ1n) is 6.08. The van der Waals surface area contributed by atoms with Crippen LogP contribution in [0.15, 0.2) is 18.2 Å². The van der Waals surface area contributed by atoms with Crippen LogP contribution in [0.1, 0.15) is 18.4 Å². The number of amides is 3. The van der Waals surface area contributed by atoms with Crippen molar-refractivity contribution in [2.24, 2.45) is 0 Å². The van der Waals surface area contributed by atoms with E-state index in [0.717, 1.165) is 0 Å². The van der Waals surface area contributed by atoms with Crippen molar-refractivity contribution in [2.45, 2.75) is 18.4 Å². The predicted octanol–water partition coefficient (Wildman–Crippen LogP) is 1.25. The number of methoxy groups -OCH3 is 1. The summed E-state index contributed by atoms with van der Waals surface area (Å²) in [7, 11) is 1.41. The molecule has 21 heavy (non-hydrogen) atoms. The summed E-state index contributed by atoms with van der Waals surface area (Å²) >= 11 is 5.94. The van der Waals surface area contributed by atoms with Gasteiger partial charge >= 0.3 is 12.0 Å². The summed E-state index contributed by atoms with van der Waals surface area (Å²) in [5.41, 5.74) is -1.19. The molecule has 0 aliphatic carbocycles. The molecule has 0 saturated carbocycles. The zero-order valence-electron chi connectivity index (χ0n) is 11.1. The lowest BCUT2D eigenvalue weighted by atomic mass is 9.84. The Morgan fingerprint density at radius 1 is 1.43 bits per heavy atom. The highest BCUT2D eigenvalue weighted by molar-refractivity contribution is 6.30. The molecule has 3 amide bonds. The number of carboxylic acid groups (broad SMARTS) is 1. The third kappa shape index (κ3) is 2.78. The van der Waals surface area contributed by atoms with Crippen LogP contribution in [0.3, 0.4) is 0 Å². The van der Waals surface area contributed by atoms with E-state index in [0.29, 0.717) is 16.3 Å². The molecule has 3 N–H and O–H groups in total. The molecule has 1 aliphatic heterocycles. The zero-order chi connectivity index (χ0) is 15.6. The molecule has 7 nitrogen and oxygen atoms in total. The Labute approximate surface area is 125 Å². The van der Waals surface area contributed by atoms with Gasteiger partial charge in [-0.3, -0.25) is 14.9 Å². The van der Waals surface area contributed by atoms with Crippen LogP contribution in [0.4, 0.5) is 4.79 Å². The van der Waals surface area contributed by atoms with E-state index in [-0.39, 0.29) is 12.8 Å². The number of ether oxygens (including phenoxy) is 1. The summed E-state index contributed by atoms with van der Waals surface area (Å²) in [6.45, 7) is 0. The topological polar surface area (TPSA) is 105 Å². The number of carbonyl (C=O) groups is 3. The third-order valence-corrected chi connectivity index (χ3v) is 3.51. The molecule has 1 heterocycles. The van der Waals surface area contributed by atoms with Crippen LogP contribution >= 0.6 is 11.6 Å². The maximum Gasteiger partial charge on any atom is 0.322 e. The van der Waals surface area contributed by atoms with E-state index in [1.807, 2.05) is 0 Å². The minimum absolute atomic E-state index is 0.114. The van der Waals surface area contributed by atoms with Crippen LogP contribution in [0.5, 0.6) is 5.75 Å². The molecule has 112 valence electrons. The fraction of sp³-hybridized carbons (Fsp3) is 0.308. The summed E-state index contributed by atoms with van der Waals surface area (Å²) in [5, 5.41) is 13.8. The fourth-order valence-corrected chi connectivity index (χ4v) is 2.47. The summed E-state index contributed by atoms with van der Waals surface area (Å²) in [5.74, 6) is -1.37. The van der Waals surface area contributed by atoms with E-state index in [2.05, 4.69) is 10.6 Å². The number of carboxylic acids is 1. The first-order valence-corrected chi connectivity index (χ1v) is 6.46. The lowest BCUT2D eigenvalue weighted by Gasteiger charge is -2.27.